The van der Waals surface area contributed by atoms with Crippen LogP contribution in [-0.4, -0.2) is 37.3 Å². The van der Waals surface area contributed by atoms with Crippen LogP contribution in [0.4, 0.5) is 4.79 Å². The molecular formula is C16H29NO2Si. The molecule has 1 saturated heterocycles. The SMILES string of the molecule is C[C@H]1CCN(C(=O)OC(C)(C)C)[C@@H]1CC#C[Si](C)(C)C. The Morgan fingerprint density at radius 1 is 1.35 bits per heavy atom. The van der Waals surface area contributed by atoms with Crippen molar-refractivity contribution in [3.63, 3.8) is 0 Å². The number of nitrogens with zero attached hydrogens (tertiary/aromatic N) is 1. The van der Waals surface area contributed by atoms with E-state index in [0.717, 1.165) is 19.4 Å². The van der Waals surface area contributed by atoms with Gasteiger partial charge in [-0.25, -0.2) is 4.79 Å². The highest BCUT2D eigenvalue weighted by Crippen LogP contribution is 2.27. The number of rotatable bonds is 1. The standard InChI is InChI=1S/C16H29NO2Si/c1-13-10-11-17(15(18)19-16(2,3)4)14(13)9-8-12-20(5,6)7/h13-14H,9-11H2,1-7H3/t13-,14+/m0/s1. The lowest BCUT2D eigenvalue weighted by Crippen LogP contribution is -2.41. The molecule has 0 aromatic rings. The van der Waals surface area contributed by atoms with Gasteiger partial charge < -0.3 is 9.64 Å². The van der Waals surface area contributed by atoms with Gasteiger partial charge in [-0.1, -0.05) is 26.6 Å². The lowest BCUT2D eigenvalue weighted by molar-refractivity contribution is 0.0215. The summed E-state index contributed by atoms with van der Waals surface area (Å²) in [7, 11) is -1.33. The molecule has 1 heterocycles. The molecule has 1 rings (SSSR count). The van der Waals surface area contributed by atoms with Crippen LogP contribution in [0, 0.1) is 17.4 Å². The van der Waals surface area contributed by atoms with Crippen LogP contribution in [0.3, 0.4) is 0 Å². The highest BCUT2D eigenvalue weighted by atomic mass is 28.3. The zero-order chi connectivity index (χ0) is 15.6. The Balaban J connectivity index is 2.71. The maximum atomic E-state index is 12.2. The van der Waals surface area contributed by atoms with Crippen molar-refractivity contribution in [2.24, 2.45) is 5.92 Å². The van der Waals surface area contributed by atoms with Crippen LogP contribution < -0.4 is 0 Å². The summed E-state index contributed by atoms with van der Waals surface area (Å²) in [5, 5.41) is 0. The number of hydrogen-bond donors (Lipinski definition) is 0. The minimum atomic E-state index is -1.33. The van der Waals surface area contributed by atoms with Gasteiger partial charge in [0.25, 0.3) is 0 Å². The maximum Gasteiger partial charge on any atom is 0.410 e. The van der Waals surface area contributed by atoms with Gasteiger partial charge in [0.2, 0.25) is 0 Å². The molecule has 0 aromatic heterocycles. The number of carbonyl (C=O) groups is 1. The molecule has 1 amide bonds. The van der Waals surface area contributed by atoms with E-state index < -0.39 is 13.7 Å². The van der Waals surface area contributed by atoms with Crippen molar-refractivity contribution < 1.29 is 9.53 Å². The van der Waals surface area contributed by atoms with Gasteiger partial charge in [0, 0.05) is 19.0 Å². The monoisotopic (exact) mass is 295 g/mol. The van der Waals surface area contributed by atoms with Gasteiger partial charge in [0.15, 0.2) is 0 Å². The van der Waals surface area contributed by atoms with Crippen molar-refractivity contribution in [1.29, 1.82) is 0 Å². The number of likely N-dealkylation sites (tertiary alicyclic amines) is 1. The minimum Gasteiger partial charge on any atom is -0.444 e. The first-order valence-electron chi connectivity index (χ1n) is 7.49. The second-order valence-corrected chi connectivity index (χ2v) is 12.5. The summed E-state index contributed by atoms with van der Waals surface area (Å²) in [6.07, 6.45) is 1.62. The van der Waals surface area contributed by atoms with E-state index in [-0.39, 0.29) is 12.1 Å². The van der Waals surface area contributed by atoms with Gasteiger partial charge in [0.05, 0.1) is 0 Å². The molecule has 0 saturated carbocycles. The third kappa shape index (κ3) is 5.58. The van der Waals surface area contributed by atoms with E-state index in [4.69, 9.17) is 4.74 Å². The Morgan fingerprint density at radius 3 is 2.45 bits per heavy atom. The number of amides is 1. The van der Waals surface area contributed by atoms with Crippen molar-refractivity contribution in [2.75, 3.05) is 6.54 Å². The quantitative estimate of drug-likeness (QED) is 0.542. The molecule has 114 valence electrons. The molecule has 20 heavy (non-hydrogen) atoms. The molecule has 1 aliphatic rings. The van der Waals surface area contributed by atoms with Crippen molar-refractivity contribution in [1.82, 2.24) is 4.90 Å². The van der Waals surface area contributed by atoms with Crippen LogP contribution in [0.2, 0.25) is 19.6 Å². The summed E-state index contributed by atoms with van der Waals surface area (Å²) in [5.41, 5.74) is 2.95. The largest absolute Gasteiger partial charge is 0.444 e. The fraction of sp³-hybridized carbons (Fsp3) is 0.812. The zero-order valence-electron chi connectivity index (χ0n) is 14.0. The van der Waals surface area contributed by atoms with Crippen LogP contribution in [0.25, 0.3) is 0 Å². The van der Waals surface area contributed by atoms with Gasteiger partial charge in [-0.05, 0) is 33.1 Å². The predicted octanol–water partition coefficient (Wildman–Crippen LogP) is 3.90. The normalized spacial score (nSPS) is 23.2. The smallest absolute Gasteiger partial charge is 0.410 e. The first-order chi connectivity index (χ1) is 8.99. The fourth-order valence-electron chi connectivity index (χ4n) is 2.29. The number of carbonyl (C=O) groups excluding carboxylic acids is 1. The van der Waals surface area contributed by atoms with E-state index in [9.17, 15) is 4.79 Å². The lowest BCUT2D eigenvalue weighted by Gasteiger charge is -2.29. The molecule has 4 heteroatoms. The molecule has 0 N–H and O–H groups in total. The molecule has 0 unspecified atom stereocenters. The Hall–Kier alpha value is -0.953. The van der Waals surface area contributed by atoms with E-state index in [1.165, 1.54) is 0 Å². The van der Waals surface area contributed by atoms with Crippen LogP contribution in [-0.2, 0) is 4.74 Å². The predicted molar refractivity (Wildman–Crippen MR) is 86.2 cm³/mol. The third-order valence-corrected chi connectivity index (χ3v) is 4.21. The Bertz CT molecular complexity index is 409. The Kier molecular flexibility index (Phi) is 5.31. The topological polar surface area (TPSA) is 29.5 Å². The average molecular weight is 295 g/mol. The molecule has 0 spiro atoms. The number of ether oxygens (including phenoxy) is 1. The van der Waals surface area contributed by atoms with Crippen LogP contribution in [0.5, 0.6) is 0 Å². The first kappa shape index (κ1) is 17.1. The third-order valence-electron chi connectivity index (χ3n) is 3.29. The highest BCUT2D eigenvalue weighted by molar-refractivity contribution is 6.83. The van der Waals surface area contributed by atoms with E-state index in [1.807, 2.05) is 25.7 Å². The van der Waals surface area contributed by atoms with Crippen molar-refractivity contribution in [3.05, 3.63) is 0 Å². The second kappa shape index (κ2) is 6.22. The molecular weight excluding hydrogens is 266 g/mol. The highest BCUT2D eigenvalue weighted by Gasteiger charge is 2.36. The van der Waals surface area contributed by atoms with Crippen molar-refractivity contribution in [2.45, 2.75) is 71.8 Å². The summed E-state index contributed by atoms with van der Waals surface area (Å²) in [4.78, 5) is 14.1. The Labute approximate surface area is 125 Å². The number of hydrogen-bond acceptors (Lipinski definition) is 2. The molecule has 2 atom stereocenters. The summed E-state index contributed by atoms with van der Waals surface area (Å²) in [6, 6.07) is 0.202. The van der Waals surface area contributed by atoms with Crippen LogP contribution in [0.1, 0.15) is 40.5 Å². The van der Waals surface area contributed by atoms with Crippen molar-refractivity contribution >= 4 is 14.2 Å². The van der Waals surface area contributed by atoms with Gasteiger partial charge >= 0.3 is 6.09 Å². The summed E-state index contributed by atoms with van der Waals surface area (Å²) in [6.45, 7) is 15.4. The summed E-state index contributed by atoms with van der Waals surface area (Å²) < 4.78 is 5.49. The van der Waals surface area contributed by atoms with E-state index in [2.05, 4.69) is 38.0 Å². The molecule has 0 aliphatic carbocycles. The van der Waals surface area contributed by atoms with Gasteiger partial charge in [0.1, 0.15) is 13.7 Å². The Morgan fingerprint density at radius 2 is 1.95 bits per heavy atom. The molecule has 0 aromatic carbocycles. The van der Waals surface area contributed by atoms with Gasteiger partial charge in [-0.15, -0.1) is 11.5 Å². The minimum absolute atomic E-state index is 0.193. The van der Waals surface area contributed by atoms with E-state index in [0.29, 0.717) is 5.92 Å². The zero-order valence-corrected chi connectivity index (χ0v) is 15.0. The van der Waals surface area contributed by atoms with Crippen LogP contribution in [0.15, 0.2) is 0 Å². The first-order valence-corrected chi connectivity index (χ1v) is 11.0. The summed E-state index contributed by atoms with van der Waals surface area (Å²) in [5.74, 6) is 3.81. The lowest BCUT2D eigenvalue weighted by atomic mass is 10.0. The molecule has 1 fully saturated rings. The van der Waals surface area contributed by atoms with Gasteiger partial charge in [-0.2, -0.15) is 0 Å². The molecule has 3 nitrogen and oxygen atoms in total. The molecule has 1 aliphatic heterocycles. The van der Waals surface area contributed by atoms with Crippen LogP contribution >= 0.6 is 0 Å². The van der Waals surface area contributed by atoms with E-state index in [1.54, 1.807) is 0 Å². The fourth-order valence-corrected chi connectivity index (χ4v) is 2.92. The van der Waals surface area contributed by atoms with E-state index >= 15 is 0 Å². The van der Waals surface area contributed by atoms with Crippen molar-refractivity contribution in [3.8, 4) is 11.5 Å². The molecule has 0 bridgehead atoms. The van der Waals surface area contributed by atoms with Gasteiger partial charge in [-0.3, -0.25) is 0 Å². The average Bonchev–Trinajstić information content (AvgIpc) is 2.56. The molecule has 0 radical (unpaired) electrons. The second-order valence-electron chi connectivity index (χ2n) is 7.76. The summed E-state index contributed by atoms with van der Waals surface area (Å²) >= 11 is 0. The maximum absolute atomic E-state index is 12.2.